The predicted molar refractivity (Wildman–Crippen MR) is 150 cm³/mol. The second-order valence-corrected chi connectivity index (χ2v) is 10.4. The summed E-state index contributed by atoms with van der Waals surface area (Å²) >= 11 is 0. The summed E-state index contributed by atoms with van der Waals surface area (Å²) in [6, 6.07) is 10.9. The van der Waals surface area contributed by atoms with Crippen LogP contribution in [0.25, 0.3) is 11.2 Å². The fourth-order valence-electron chi connectivity index (χ4n) is 5.20. The Labute approximate surface area is 236 Å². The van der Waals surface area contributed by atoms with E-state index in [9.17, 15) is 22.8 Å². The highest BCUT2D eigenvalue weighted by Gasteiger charge is 2.29. The molecule has 12 heteroatoms. The highest BCUT2D eigenvalue weighted by molar-refractivity contribution is 5.94. The van der Waals surface area contributed by atoms with Crippen molar-refractivity contribution in [3.8, 4) is 0 Å². The molecule has 2 N–H and O–H groups in total. The number of halogens is 3. The molecule has 9 nitrogen and oxygen atoms in total. The van der Waals surface area contributed by atoms with Crippen molar-refractivity contribution in [1.82, 2.24) is 29.7 Å². The van der Waals surface area contributed by atoms with E-state index in [2.05, 4.69) is 25.6 Å². The van der Waals surface area contributed by atoms with Gasteiger partial charge < -0.3 is 20.4 Å². The Kier molecular flexibility index (Phi) is 8.87. The van der Waals surface area contributed by atoms with Crippen LogP contribution in [0.15, 0.2) is 48.7 Å². The molecule has 4 heterocycles. The maximum Gasteiger partial charge on any atom is 0.389 e. The molecule has 0 spiro atoms. The van der Waals surface area contributed by atoms with E-state index in [0.717, 1.165) is 36.5 Å². The summed E-state index contributed by atoms with van der Waals surface area (Å²) in [5.74, 6) is -0.215. The number of fused-ring (bicyclic) bond motifs is 1. The number of anilines is 2. The van der Waals surface area contributed by atoms with Gasteiger partial charge in [-0.3, -0.25) is 9.59 Å². The Hall–Kier alpha value is -3.93. The lowest BCUT2D eigenvalue weighted by molar-refractivity contribution is -0.148. The number of hydrogen-bond acceptors (Lipinski definition) is 6. The minimum Gasteiger partial charge on any atom is -0.351 e. The molecule has 2 aliphatic rings. The van der Waals surface area contributed by atoms with Crippen LogP contribution in [0.4, 0.5) is 24.8 Å². The van der Waals surface area contributed by atoms with Crippen LogP contribution in [-0.2, 0) is 4.79 Å². The maximum atomic E-state index is 12.5. The largest absolute Gasteiger partial charge is 0.389 e. The average Bonchev–Trinajstić information content (AvgIpc) is 3.39. The van der Waals surface area contributed by atoms with Crippen molar-refractivity contribution in [3.63, 3.8) is 0 Å². The Bertz CT molecular complexity index is 1400. The molecule has 2 amide bonds. The van der Waals surface area contributed by atoms with E-state index in [-0.39, 0.29) is 12.5 Å². The number of nitrogens with zero attached hydrogens (tertiary/aromatic N) is 5. The molecule has 0 radical (unpaired) electrons. The summed E-state index contributed by atoms with van der Waals surface area (Å²) in [5.41, 5.74) is 3.76. The Morgan fingerprint density at radius 3 is 2.49 bits per heavy atom. The van der Waals surface area contributed by atoms with Gasteiger partial charge in [0.15, 0.2) is 5.65 Å². The zero-order valence-corrected chi connectivity index (χ0v) is 22.8. The van der Waals surface area contributed by atoms with Gasteiger partial charge in [0.05, 0.1) is 6.42 Å². The third kappa shape index (κ3) is 7.63. The number of likely N-dealkylation sites (tertiary alicyclic amines) is 1. The molecule has 1 fully saturated rings. The van der Waals surface area contributed by atoms with Crippen molar-refractivity contribution in [1.29, 1.82) is 0 Å². The monoisotopic (exact) mass is 569 g/mol. The number of alkyl halides is 3. The zero-order valence-electron chi connectivity index (χ0n) is 22.8. The van der Waals surface area contributed by atoms with E-state index in [1.54, 1.807) is 35.0 Å². The molecule has 0 saturated carbocycles. The van der Waals surface area contributed by atoms with Gasteiger partial charge in [-0.05, 0) is 74.3 Å². The van der Waals surface area contributed by atoms with Gasteiger partial charge in [-0.1, -0.05) is 12.5 Å². The molecule has 0 aliphatic carbocycles. The summed E-state index contributed by atoms with van der Waals surface area (Å²) < 4.78 is 39.1. The summed E-state index contributed by atoms with van der Waals surface area (Å²) in [6.45, 7) is 4.28. The molecule has 41 heavy (non-hydrogen) atoms. The summed E-state index contributed by atoms with van der Waals surface area (Å²) in [5, 5.41) is 10.7. The first kappa shape index (κ1) is 28.6. The lowest BCUT2D eigenvalue weighted by Gasteiger charge is -2.27. The summed E-state index contributed by atoms with van der Waals surface area (Å²) in [4.78, 5) is 33.2. The van der Waals surface area contributed by atoms with E-state index in [4.69, 9.17) is 0 Å². The van der Waals surface area contributed by atoms with Crippen LogP contribution in [0.2, 0.25) is 0 Å². The molecule has 1 saturated heterocycles. The van der Waals surface area contributed by atoms with Gasteiger partial charge in [-0.2, -0.15) is 18.2 Å². The molecule has 1 aromatic carbocycles. The van der Waals surface area contributed by atoms with Crippen LogP contribution in [0, 0.1) is 0 Å². The first-order chi connectivity index (χ1) is 19.7. The molecule has 0 atom stereocenters. The van der Waals surface area contributed by atoms with Gasteiger partial charge >= 0.3 is 6.18 Å². The second-order valence-electron chi connectivity index (χ2n) is 10.4. The molecule has 2 aliphatic heterocycles. The lowest BCUT2D eigenvalue weighted by Crippen LogP contribution is -2.37. The van der Waals surface area contributed by atoms with Crippen molar-refractivity contribution in [2.75, 3.05) is 44.6 Å². The Balaban J connectivity index is 1.18. The first-order valence-corrected chi connectivity index (χ1v) is 14.0. The van der Waals surface area contributed by atoms with Gasteiger partial charge in [-0.15, -0.1) is 5.10 Å². The molecule has 2 aromatic heterocycles. The van der Waals surface area contributed by atoms with Gasteiger partial charge in [0.2, 0.25) is 11.9 Å². The topological polar surface area (TPSA) is 94.9 Å². The van der Waals surface area contributed by atoms with Crippen molar-refractivity contribution in [3.05, 3.63) is 59.8 Å². The van der Waals surface area contributed by atoms with Crippen molar-refractivity contribution in [2.45, 2.75) is 44.7 Å². The number of nitrogens with one attached hydrogen (secondary N) is 2. The summed E-state index contributed by atoms with van der Waals surface area (Å²) in [7, 11) is 0. The molecular formula is C29H34F3N7O2. The van der Waals surface area contributed by atoms with Gasteiger partial charge in [0.25, 0.3) is 5.91 Å². The molecule has 0 unspecified atom stereocenters. The van der Waals surface area contributed by atoms with Gasteiger partial charge in [0, 0.05) is 55.6 Å². The zero-order chi connectivity index (χ0) is 28.8. The minimum atomic E-state index is -4.34. The number of hydrogen-bond donors (Lipinski definition) is 2. The number of carbonyl (C=O) groups is 2. The average molecular weight is 570 g/mol. The van der Waals surface area contributed by atoms with E-state index in [1.165, 1.54) is 24.2 Å². The number of aromatic nitrogens is 3. The Morgan fingerprint density at radius 1 is 1.00 bits per heavy atom. The maximum absolute atomic E-state index is 12.5. The fraction of sp³-hybridized carbons (Fsp3) is 0.448. The molecule has 0 bridgehead atoms. The highest BCUT2D eigenvalue weighted by atomic mass is 19.4. The number of benzene rings is 1. The SMILES string of the molecule is O=C(NCCN1CCCCC1)c1ccc(Nc2nc3c(C4=CCN(C(=O)CCC(F)(F)F)CC4)cccn3n2)cc1. The lowest BCUT2D eigenvalue weighted by atomic mass is 10.00. The predicted octanol–water partition coefficient (Wildman–Crippen LogP) is 4.65. The normalized spacial score (nSPS) is 16.5. The van der Waals surface area contributed by atoms with E-state index < -0.39 is 24.9 Å². The van der Waals surface area contributed by atoms with Crippen LogP contribution in [0.5, 0.6) is 0 Å². The minimum absolute atomic E-state index is 0.106. The van der Waals surface area contributed by atoms with Crippen LogP contribution >= 0.6 is 0 Å². The molecular weight excluding hydrogens is 535 g/mol. The second kappa shape index (κ2) is 12.7. The highest BCUT2D eigenvalue weighted by Crippen LogP contribution is 2.28. The fourth-order valence-corrected chi connectivity index (χ4v) is 5.20. The van der Waals surface area contributed by atoms with Crippen molar-refractivity contribution >= 4 is 34.7 Å². The number of pyridine rings is 1. The first-order valence-electron chi connectivity index (χ1n) is 14.0. The number of carbonyl (C=O) groups excluding carboxylic acids is 2. The smallest absolute Gasteiger partial charge is 0.351 e. The van der Waals surface area contributed by atoms with Crippen LogP contribution < -0.4 is 10.6 Å². The summed E-state index contributed by atoms with van der Waals surface area (Å²) in [6.07, 6.45) is 1.90. The number of amides is 2. The number of piperidine rings is 1. The van der Waals surface area contributed by atoms with Crippen LogP contribution in [0.1, 0.15) is 54.4 Å². The quantitative estimate of drug-likeness (QED) is 0.390. The molecule has 218 valence electrons. The third-order valence-corrected chi connectivity index (χ3v) is 7.46. The van der Waals surface area contributed by atoms with E-state index in [1.807, 2.05) is 18.2 Å². The van der Waals surface area contributed by atoms with Crippen molar-refractivity contribution < 1.29 is 22.8 Å². The van der Waals surface area contributed by atoms with E-state index >= 15 is 0 Å². The van der Waals surface area contributed by atoms with Crippen LogP contribution in [0.3, 0.4) is 0 Å². The van der Waals surface area contributed by atoms with E-state index in [0.29, 0.717) is 36.7 Å². The number of rotatable bonds is 9. The van der Waals surface area contributed by atoms with Gasteiger partial charge in [0.1, 0.15) is 0 Å². The van der Waals surface area contributed by atoms with Crippen molar-refractivity contribution in [2.24, 2.45) is 0 Å². The van der Waals surface area contributed by atoms with Gasteiger partial charge in [-0.25, -0.2) is 4.52 Å². The standard InChI is InChI=1S/C29H34F3N7O2/c30-29(31,32)13-10-25(40)38-18-11-21(12-19-38)24-5-4-17-39-26(24)35-28(36-39)34-23-8-6-22(7-9-23)27(41)33-14-20-37-15-2-1-3-16-37/h4-9,11,17H,1-3,10,12-16,18-20H2,(H,33,41)(H,34,36). The van der Waals surface area contributed by atoms with Crippen LogP contribution in [-0.4, -0.2) is 81.7 Å². The Morgan fingerprint density at radius 2 is 1.78 bits per heavy atom. The molecule has 5 rings (SSSR count). The third-order valence-electron chi connectivity index (χ3n) is 7.46. The molecule has 3 aromatic rings.